The van der Waals surface area contributed by atoms with Gasteiger partial charge < -0.3 is 9.15 Å². The largest absolute Gasteiger partial charge is 0.478 e. The van der Waals surface area contributed by atoms with Gasteiger partial charge in [-0.05, 0) is 36.4 Å². The first-order valence-electron chi connectivity index (χ1n) is 7.65. The van der Waals surface area contributed by atoms with Gasteiger partial charge in [-0.3, -0.25) is 4.90 Å². The molecule has 2 aromatic carbocycles. The summed E-state index contributed by atoms with van der Waals surface area (Å²) in [5.74, 6) is 0.836. The monoisotopic (exact) mass is 293 g/mol. The SMILES string of the molecule is O=c1oc2c3c(ccc2c2ccccc12)OCN(C1CC1)C3. The molecule has 1 aliphatic heterocycles. The topological polar surface area (TPSA) is 42.7 Å². The van der Waals surface area contributed by atoms with E-state index in [1.807, 2.05) is 36.4 Å². The summed E-state index contributed by atoms with van der Waals surface area (Å²) in [6.45, 7) is 1.42. The Morgan fingerprint density at radius 2 is 1.82 bits per heavy atom. The molecule has 0 N–H and O–H groups in total. The van der Waals surface area contributed by atoms with Crippen LogP contribution in [-0.2, 0) is 6.54 Å². The van der Waals surface area contributed by atoms with Crippen LogP contribution in [0.4, 0.5) is 0 Å². The maximum Gasteiger partial charge on any atom is 0.344 e. The highest BCUT2D eigenvalue weighted by Gasteiger charge is 2.33. The minimum atomic E-state index is -0.278. The molecule has 4 heteroatoms. The van der Waals surface area contributed by atoms with Gasteiger partial charge in [0.1, 0.15) is 18.1 Å². The van der Waals surface area contributed by atoms with Gasteiger partial charge in [0.25, 0.3) is 0 Å². The van der Waals surface area contributed by atoms with E-state index in [1.54, 1.807) is 0 Å². The number of rotatable bonds is 1. The summed E-state index contributed by atoms with van der Waals surface area (Å²) in [4.78, 5) is 14.6. The number of fused-ring (bicyclic) bond motifs is 5. The number of hydrogen-bond acceptors (Lipinski definition) is 4. The highest BCUT2D eigenvalue weighted by molar-refractivity contribution is 6.05. The normalized spacial score (nSPS) is 18.4. The minimum Gasteiger partial charge on any atom is -0.478 e. The lowest BCUT2D eigenvalue weighted by Crippen LogP contribution is -2.33. The predicted molar refractivity (Wildman–Crippen MR) is 84.1 cm³/mol. The van der Waals surface area contributed by atoms with E-state index in [9.17, 15) is 4.79 Å². The Kier molecular flexibility index (Phi) is 2.41. The number of benzene rings is 2. The quantitative estimate of drug-likeness (QED) is 0.510. The van der Waals surface area contributed by atoms with Crippen molar-refractivity contribution in [2.75, 3.05) is 6.73 Å². The fourth-order valence-corrected chi connectivity index (χ4v) is 3.34. The first-order valence-corrected chi connectivity index (χ1v) is 7.65. The van der Waals surface area contributed by atoms with E-state index >= 15 is 0 Å². The van der Waals surface area contributed by atoms with E-state index in [2.05, 4.69) is 4.90 Å². The minimum absolute atomic E-state index is 0.278. The molecule has 0 bridgehead atoms. The molecule has 2 aliphatic rings. The first-order chi connectivity index (χ1) is 10.8. The zero-order chi connectivity index (χ0) is 14.7. The Balaban J connectivity index is 1.81. The maximum absolute atomic E-state index is 12.3. The van der Waals surface area contributed by atoms with Crippen molar-refractivity contribution in [3.63, 3.8) is 0 Å². The zero-order valence-electron chi connectivity index (χ0n) is 12.0. The van der Waals surface area contributed by atoms with Gasteiger partial charge in [0.15, 0.2) is 0 Å². The summed E-state index contributed by atoms with van der Waals surface area (Å²) < 4.78 is 11.5. The molecule has 1 aromatic heterocycles. The summed E-state index contributed by atoms with van der Waals surface area (Å²) in [6.07, 6.45) is 2.46. The van der Waals surface area contributed by atoms with E-state index in [1.165, 1.54) is 12.8 Å². The van der Waals surface area contributed by atoms with Gasteiger partial charge in [-0.25, -0.2) is 4.79 Å². The molecule has 4 nitrogen and oxygen atoms in total. The lowest BCUT2D eigenvalue weighted by molar-refractivity contribution is 0.0885. The molecule has 5 rings (SSSR count). The highest BCUT2D eigenvalue weighted by Crippen LogP contribution is 2.38. The fourth-order valence-electron chi connectivity index (χ4n) is 3.34. The smallest absolute Gasteiger partial charge is 0.344 e. The molecule has 0 atom stereocenters. The second kappa shape index (κ2) is 4.34. The van der Waals surface area contributed by atoms with E-state index in [-0.39, 0.29) is 5.63 Å². The maximum atomic E-state index is 12.3. The summed E-state index contributed by atoms with van der Waals surface area (Å²) in [5.41, 5.74) is 1.39. The summed E-state index contributed by atoms with van der Waals surface area (Å²) >= 11 is 0. The van der Waals surface area contributed by atoms with Crippen molar-refractivity contribution in [3.8, 4) is 5.75 Å². The second-order valence-corrected chi connectivity index (χ2v) is 6.11. The van der Waals surface area contributed by atoms with Gasteiger partial charge in [0.05, 0.1) is 10.9 Å². The fraction of sp³-hybridized carbons (Fsp3) is 0.278. The molecule has 1 fully saturated rings. The molecule has 22 heavy (non-hydrogen) atoms. The van der Waals surface area contributed by atoms with E-state index in [4.69, 9.17) is 9.15 Å². The molecule has 3 aromatic rings. The Morgan fingerprint density at radius 3 is 2.64 bits per heavy atom. The lowest BCUT2D eigenvalue weighted by atomic mass is 10.0. The van der Waals surface area contributed by atoms with Gasteiger partial charge in [0.2, 0.25) is 0 Å². The van der Waals surface area contributed by atoms with Gasteiger partial charge >= 0.3 is 5.63 Å². The van der Waals surface area contributed by atoms with Crippen molar-refractivity contribution in [1.29, 1.82) is 0 Å². The average molecular weight is 293 g/mol. The van der Waals surface area contributed by atoms with Crippen LogP contribution in [0, 0.1) is 0 Å². The molecule has 0 saturated heterocycles. The summed E-state index contributed by atoms with van der Waals surface area (Å²) in [5, 5.41) is 2.56. The van der Waals surface area contributed by atoms with Gasteiger partial charge in [-0.15, -0.1) is 0 Å². The lowest BCUT2D eigenvalue weighted by Gasteiger charge is -2.29. The number of nitrogens with zero attached hydrogens (tertiary/aromatic N) is 1. The zero-order valence-corrected chi connectivity index (χ0v) is 12.0. The third kappa shape index (κ3) is 1.70. The molecule has 1 aliphatic carbocycles. The van der Waals surface area contributed by atoms with Crippen LogP contribution in [0.25, 0.3) is 21.7 Å². The standard InChI is InChI=1S/C18H15NO3/c20-18-14-4-2-1-3-12(14)13-7-8-16-15(17(13)22-18)9-19(10-21-16)11-5-6-11/h1-4,7-8,11H,5-6,9-10H2. The van der Waals surface area contributed by atoms with E-state index < -0.39 is 0 Å². The molecule has 2 heterocycles. The molecular formula is C18H15NO3. The molecule has 1 saturated carbocycles. The van der Waals surface area contributed by atoms with Gasteiger partial charge in [-0.1, -0.05) is 18.2 Å². The average Bonchev–Trinajstić information content (AvgIpc) is 3.39. The van der Waals surface area contributed by atoms with Crippen molar-refractivity contribution in [3.05, 3.63) is 52.4 Å². The predicted octanol–water partition coefficient (Wildman–Crippen LogP) is 3.26. The van der Waals surface area contributed by atoms with E-state index in [0.717, 1.165) is 28.6 Å². The Hall–Kier alpha value is -2.33. The summed E-state index contributed by atoms with van der Waals surface area (Å²) in [6, 6.07) is 12.2. The molecule has 110 valence electrons. The van der Waals surface area contributed by atoms with Crippen LogP contribution in [0.5, 0.6) is 5.75 Å². The van der Waals surface area contributed by atoms with Crippen molar-refractivity contribution < 1.29 is 9.15 Å². The van der Waals surface area contributed by atoms with Gasteiger partial charge in [-0.2, -0.15) is 0 Å². The van der Waals surface area contributed by atoms with Crippen LogP contribution in [0.15, 0.2) is 45.6 Å². The third-order valence-corrected chi connectivity index (χ3v) is 4.66. The Bertz CT molecular complexity index is 956. The molecule has 0 unspecified atom stereocenters. The van der Waals surface area contributed by atoms with Crippen molar-refractivity contribution >= 4 is 21.7 Å². The number of ether oxygens (including phenoxy) is 1. The van der Waals surface area contributed by atoms with Crippen LogP contribution in [0.3, 0.4) is 0 Å². The van der Waals surface area contributed by atoms with Gasteiger partial charge in [0, 0.05) is 18.0 Å². The van der Waals surface area contributed by atoms with Crippen LogP contribution in [-0.4, -0.2) is 17.7 Å². The van der Waals surface area contributed by atoms with Crippen molar-refractivity contribution in [1.82, 2.24) is 4.90 Å². The molecule has 0 spiro atoms. The van der Waals surface area contributed by atoms with Crippen molar-refractivity contribution in [2.45, 2.75) is 25.4 Å². The number of hydrogen-bond donors (Lipinski definition) is 0. The molecule has 0 radical (unpaired) electrons. The summed E-state index contributed by atoms with van der Waals surface area (Å²) in [7, 11) is 0. The van der Waals surface area contributed by atoms with Crippen molar-refractivity contribution in [2.24, 2.45) is 0 Å². The van der Waals surface area contributed by atoms with Crippen LogP contribution < -0.4 is 10.4 Å². The highest BCUT2D eigenvalue weighted by atomic mass is 16.5. The molecular weight excluding hydrogens is 278 g/mol. The van der Waals surface area contributed by atoms with Crippen LogP contribution >= 0.6 is 0 Å². The van der Waals surface area contributed by atoms with Crippen LogP contribution in [0.1, 0.15) is 18.4 Å². The third-order valence-electron chi connectivity index (χ3n) is 4.66. The Morgan fingerprint density at radius 1 is 1.00 bits per heavy atom. The Labute approximate surface area is 126 Å². The first kappa shape index (κ1) is 12.2. The van der Waals surface area contributed by atoms with Crippen LogP contribution in [0.2, 0.25) is 0 Å². The second-order valence-electron chi connectivity index (χ2n) is 6.11. The van der Waals surface area contributed by atoms with E-state index in [0.29, 0.717) is 23.7 Å². The molecule has 0 amide bonds.